The van der Waals surface area contributed by atoms with Crippen LogP contribution >= 0.6 is 0 Å². The Morgan fingerprint density at radius 2 is 1.85 bits per heavy atom. The zero-order valence-electron chi connectivity index (χ0n) is 7.68. The quantitative estimate of drug-likeness (QED) is 0.675. The molecule has 76 valence electrons. The Morgan fingerprint density at radius 3 is 2.23 bits per heavy atom. The van der Waals surface area contributed by atoms with Gasteiger partial charge in [0.2, 0.25) is 6.43 Å². The molecule has 0 spiro atoms. The zero-order valence-corrected chi connectivity index (χ0v) is 7.68. The van der Waals surface area contributed by atoms with E-state index >= 15 is 0 Å². The van der Waals surface area contributed by atoms with Gasteiger partial charge in [-0.1, -0.05) is 6.58 Å². The summed E-state index contributed by atoms with van der Waals surface area (Å²) in [6.45, 7) is 3.47. The summed E-state index contributed by atoms with van der Waals surface area (Å²) in [5.74, 6) is 0.514. The van der Waals surface area contributed by atoms with Gasteiger partial charge in [-0.2, -0.15) is 0 Å². The van der Waals surface area contributed by atoms with Gasteiger partial charge in [-0.25, -0.2) is 8.78 Å². The normalized spacial score (nSPS) is 29.2. The standard InChI is InChI=1S/C10H16F2O/c1-7(13)9-4-2-8(3-5-9)6-10(11)12/h8-10,13H,1-6H2. The first-order valence-electron chi connectivity index (χ1n) is 4.75. The molecule has 3 heteroatoms. The number of alkyl halides is 2. The van der Waals surface area contributed by atoms with Crippen molar-refractivity contribution in [1.82, 2.24) is 0 Å². The second-order valence-electron chi connectivity index (χ2n) is 3.84. The molecule has 0 radical (unpaired) electrons. The summed E-state index contributed by atoms with van der Waals surface area (Å²) < 4.78 is 24.0. The Bertz CT molecular complexity index is 172. The van der Waals surface area contributed by atoms with Gasteiger partial charge in [-0.15, -0.1) is 0 Å². The molecular formula is C10H16F2O. The van der Waals surface area contributed by atoms with Crippen molar-refractivity contribution in [2.24, 2.45) is 11.8 Å². The number of halogens is 2. The Balaban J connectivity index is 2.26. The molecule has 0 aromatic heterocycles. The zero-order chi connectivity index (χ0) is 9.84. The number of hydrogen-bond donors (Lipinski definition) is 1. The highest BCUT2D eigenvalue weighted by Gasteiger charge is 2.24. The molecule has 13 heavy (non-hydrogen) atoms. The van der Waals surface area contributed by atoms with Crippen molar-refractivity contribution in [3.63, 3.8) is 0 Å². The number of allylic oxidation sites excluding steroid dienone is 1. The Morgan fingerprint density at radius 1 is 1.31 bits per heavy atom. The molecular weight excluding hydrogens is 174 g/mol. The minimum Gasteiger partial charge on any atom is -0.513 e. The molecule has 1 rings (SSSR count). The summed E-state index contributed by atoms with van der Waals surface area (Å²) in [7, 11) is 0. The maximum Gasteiger partial charge on any atom is 0.238 e. The summed E-state index contributed by atoms with van der Waals surface area (Å²) in [6.07, 6.45) is 1.06. The van der Waals surface area contributed by atoms with Crippen LogP contribution in [-0.4, -0.2) is 11.5 Å². The molecule has 0 unspecified atom stereocenters. The van der Waals surface area contributed by atoms with Crippen LogP contribution in [0.3, 0.4) is 0 Å². The van der Waals surface area contributed by atoms with Crippen LogP contribution in [0, 0.1) is 11.8 Å². The van der Waals surface area contributed by atoms with E-state index in [9.17, 15) is 8.78 Å². The number of rotatable bonds is 3. The number of hydrogen-bond acceptors (Lipinski definition) is 1. The van der Waals surface area contributed by atoms with Crippen LogP contribution in [0.4, 0.5) is 8.78 Å². The molecule has 1 saturated carbocycles. The maximum absolute atomic E-state index is 12.0. The van der Waals surface area contributed by atoms with Crippen molar-refractivity contribution >= 4 is 0 Å². The number of aliphatic hydroxyl groups is 1. The molecule has 0 saturated heterocycles. The third-order valence-corrected chi connectivity index (χ3v) is 2.83. The molecule has 1 aliphatic carbocycles. The topological polar surface area (TPSA) is 20.2 Å². The van der Waals surface area contributed by atoms with Gasteiger partial charge in [0.15, 0.2) is 0 Å². The van der Waals surface area contributed by atoms with Gasteiger partial charge in [-0.3, -0.25) is 0 Å². The molecule has 1 nitrogen and oxygen atoms in total. The van der Waals surface area contributed by atoms with Crippen LogP contribution in [0.2, 0.25) is 0 Å². The van der Waals surface area contributed by atoms with Crippen molar-refractivity contribution in [3.05, 3.63) is 12.3 Å². The monoisotopic (exact) mass is 190 g/mol. The molecule has 0 aromatic carbocycles. The maximum atomic E-state index is 12.0. The van der Waals surface area contributed by atoms with Gasteiger partial charge < -0.3 is 5.11 Å². The van der Waals surface area contributed by atoms with E-state index in [-0.39, 0.29) is 24.0 Å². The first-order chi connectivity index (χ1) is 6.09. The van der Waals surface area contributed by atoms with Crippen molar-refractivity contribution in [3.8, 4) is 0 Å². The summed E-state index contributed by atoms with van der Waals surface area (Å²) in [5.41, 5.74) is 0. The van der Waals surface area contributed by atoms with E-state index in [1.54, 1.807) is 0 Å². The molecule has 0 aromatic rings. The van der Waals surface area contributed by atoms with Crippen LogP contribution in [0.15, 0.2) is 12.3 Å². The minimum atomic E-state index is -2.18. The highest BCUT2D eigenvalue weighted by atomic mass is 19.3. The van der Waals surface area contributed by atoms with Crippen LogP contribution in [0.25, 0.3) is 0 Å². The third-order valence-electron chi connectivity index (χ3n) is 2.83. The van der Waals surface area contributed by atoms with Gasteiger partial charge >= 0.3 is 0 Å². The highest BCUT2D eigenvalue weighted by Crippen LogP contribution is 2.34. The van der Waals surface area contributed by atoms with E-state index in [0.29, 0.717) is 0 Å². The predicted octanol–water partition coefficient (Wildman–Crippen LogP) is 3.52. The summed E-state index contributed by atoms with van der Waals surface area (Å²) in [6, 6.07) is 0. The van der Waals surface area contributed by atoms with Gasteiger partial charge in [0, 0.05) is 12.3 Å². The van der Waals surface area contributed by atoms with Crippen LogP contribution < -0.4 is 0 Å². The summed E-state index contributed by atoms with van der Waals surface area (Å²) in [4.78, 5) is 0. The SMILES string of the molecule is C=C(O)C1CCC(CC(F)F)CC1. The fourth-order valence-corrected chi connectivity index (χ4v) is 1.98. The average Bonchev–Trinajstić information content (AvgIpc) is 2.04. The smallest absolute Gasteiger partial charge is 0.238 e. The van der Waals surface area contributed by atoms with E-state index in [0.717, 1.165) is 25.7 Å². The van der Waals surface area contributed by atoms with Crippen molar-refractivity contribution in [1.29, 1.82) is 0 Å². The first kappa shape index (κ1) is 10.5. The van der Waals surface area contributed by atoms with E-state index in [4.69, 9.17) is 5.11 Å². The third kappa shape index (κ3) is 3.33. The predicted molar refractivity (Wildman–Crippen MR) is 47.8 cm³/mol. The van der Waals surface area contributed by atoms with Crippen LogP contribution in [0.1, 0.15) is 32.1 Å². The lowest BCUT2D eigenvalue weighted by Gasteiger charge is -2.27. The molecule has 1 N–H and O–H groups in total. The van der Waals surface area contributed by atoms with Crippen molar-refractivity contribution in [2.75, 3.05) is 0 Å². The lowest BCUT2D eigenvalue weighted by molar-refractivity contribution is 0.0967. The van der Waals surface area contributed by atoms with Gasteiger partial charge in [0.05, 0.1) is 5.76 Å². The minimum absolute atomic E-state index is 0.0185. The molecule has 0 atom stereocenters. The average molecular weight is 190 g/mol. The Kier molecular flexibility index (Phi) is 3.70. The van der Waals surface area contributed by atoms with Crippen molar-refractivity contribution < 1.29 is 13.9 Å². The Labute approximate surface area is 77.5 Å². The van der Waals surface area contributed by atoms with Crippen LogP contribution in [-0.2, 0) is 0 Å². The molecule has 0 heterocycles. The second-order valence-corrected chi connectivity index (χ2v) is 3.84. The lowest BCUT2D eigenvalue weighted by Crippen LogP contribution is -2.17. The van der Waals surface area contributed by atoms with Crippen molar-refractivity contribution in [2.45, 2.75) is 38.5 Å². The van der Waals surface area contributed by atoms with E-state index in [1.165, 1.54) is 0 Å². The van der Waals surface area contributed by atoms with Gasteiger partial charge in [0.25, 0.3) is 0 Å². The second kappa shape index (κ2) is 4.58. The fraction of sp³-hybridized carbons (Fsp3) is 0.800. The first-order valence-corrected chi connectivity index (χ1v) is 4.75. The van der Waals surface area contributed by atoms with E-state index in [2.05, 4.69) is 6.58 Å². The lowest BCUT2D eigenvalue weighted by atomic mass is 9.80. The summed E-state index contributed by atoms with van der Waals surface area (Å²) >= 11 is 0. The Hall–Kier alpha value is -0.600. The molecule has 0 amide bonds. The molecule has 1 fully saturated rings. The van der Waals surface area contributed by atoms with Gasteiger partial charge in [0.1, 0.15) is 0 Å². The number of aliphatic hydroxyl groups excluding tert-OH is 1. The van der Waals surface area contributed by atoms with Gasteiger partial charge in [-0.05, 0) is 31.6 Å². The molecule has 1 aliphatic rings. The fourth-order valence-electron chi connectivity index (χ4n) is 1.98. The largest absolute Gasteiger partial charge is 0.513 e. The molecule has 0 bridgehead atoms. The van der Waals surface area contributed by atoms with Crippen LogP contribution in [0.5, 0.6) is 0 Å². The summed E-state index contributed by atoms with van der Waals surface area (Å²) in [5, 5.41) is 9.10. The molecule has 0 aliphatic heterocycles. The van der Waals surface area contributed by atoms with E-state index in [1.807, 2.05) is 0 Å². The van der Waals surface area contributed by atoms with E-state index < -0.39 is 6.43 Å². The highest BCUT2D eigenvalue weighted by molar-refractivity contribution is 4.91.